The number of rotatable bonds is 7. The minimum Gasteiger partial charge on any atom is -0.316 e. The highest BCUT2D eigenvalue weighted by Crippen LogP contribution is 2.40. The summed E-state index contributed by atoms with van der Waals surface area (Å²) in [6, 6.07) is 14.4. The highest BCUT2D eigenvalue weighted by atomic mass is 32.2. The van der Waals surface area contributed by atoms with Crippen LogP contribution >= 0.6 is 0 Å². The lowest BCUT2D eigenvalue weighted by atomic mass is 9.73. The van der Waals surface area contributed by atoms with E-state index in [1.165, 1.54) is 11.1 Å². The lowest BCUT2D eigenvalue weighted by molar-refractivity contribution is 0.217. The molecule has 0 heterocycles. The van der Waals surface area contributed by atoms with Crippen LogP contribution in [0.1, 0.15) is 47.4 Å². The first kappa shape index (κ1) is 19.7. The Morgan fingerprint density at radius 3 is 2.61 bits per heavy atom. The molecule has 3 atom stereocenters. The Labute approximate surface area is 168 Å². The van der Waals surface area contributed by atoms with E-state index in [2.05, 4.69) is 34.3 Å². The van der Waals surface area contributed by atoms with Crippen LogP contribution in [-0.4, -0.2) is 27.4 Å². The van der Waals surface area contributed by atoms with Crippen molar-refractivity contribution in [2.75, 3.05) is 7.05 Å². The topological polar surface area (TPSA) is 61.4 Å². The van der Waals surface area contributed by atoms with Gasteiger partial charge in [0.25, 0.3) is 0 Å². The van der Waals surface area contributed by atoms with Gasteiger partial charge in [0.15, 0.2) is 0 Å². The van der Waals surface area contributed by atoms with E-state index >= 15 is 0 Å². The maximum Gasteiger partial charge on any atom is 0.232 e. The fraction of sp³-hybridized carbons (Fsp3) is 0.455. The zero-order valence-electron chi connectivity index (χ0n) is 16.1. The van der Waals surface area contributed by atoms with Gasteiger partial charge in [-0.3, -0.25) is 4.55 Å². The minimum atomic E-state index is -2.09. The molecule has 1 fully saturated rings. The predicted octanol–water partition coefficient (Wildman–Crippen LogP) is 3.49. The van der Waals surface area contributed by atoms with Crippen LogP contribution in [0.5, 0.6) is 0 Å². The summed E-state index contributed by atoms with van der Waals surface area (Å²) < 4.78 is 38.2. The summed E-state index contributed by atoms with van der Waals surface area (Å²) in [5.74, 6) is 0.0878. The van der Waals surface area contributed by atoms with E-state index in [-0.39, 0.29) is 11.9 Å². The number of nitrogens with one attached hydrogen (secondary N) is 2. The first-order chi connectivity index (χ1) is 13.5. The lowest BCUT2D eigenvalue weighted by Crippen LogP contribution is -2.53. The van der Waals surface area contributed by atoms with Gasteiger partial charge in [0.05, 0.1) is 0 Å². The quantitative estimate of drug-likeness (QED) is 0.622. The van der Waals surface area contributed by atoms with Crippen molar-refractivity contribution in [1.29, 1.82) is 0 Å². The van der Waals surface area contributed by atoms with E-state index in [1.54, 1.807) is 6.07 Å². The molecule has 3 unspecified atom stereocenters. The van der Waals surface area contributed by atoms with Gasteiger partial charge in [0.2, 0.25) is 11.3 Å². The van der Waals surface area contributed by atoms with Crippen LogP contribution in [0.25, 0.3) is 0 Å². The van der Waals surface area contributed by atoms with Gasteiger partial charge in [0.1, 0.15) is 5.82 Å². The number of halogens is 1. The standard InChI is InChI=1S/C22H27FN2O2S/c1-24-21-13-16-12-20(23)17(14-22(8-5-9-22)25-28(26)27)11-18(16)19(21)10-15-6-3-2-4-7-15/h2-4,6-7,11-12,19,21,24-25H,5,8-10,13-14H2,1H3,(H,26,27). The summed E-state index contributed by atoms with van der Waals surface area (Å²) in [5.41, 5.74) is 3.73. The molecule has 0 saturated heterocycles. The van der Waals surface area contributed by atoms with Crippen molar-refractivity contribution >= 4 is 11.3 Å². The van der Waals surface area contributed by atoms with Crippen molar-refractivity contribution in [2.45, 2.75) is 56.0 Å². The van der Waals surface area contributed by atoms with Crippen molar-refractivity contribution < 1.29 is 13.2 Å². The summed E-state index contributed by atoms with van der Waals surface area (Å²) in [5, 5.41) is 3.41. The smallest absolute Gasteiger partial charge is 0.232 e. The highest BCUT2D eigenvalue weighted by Gasteiger charge is 2.40. The second kappa shape index (κ2) is 8.03. The average Bonchev–Trinajstić information content (AvgIpc) is 2.97. The van der Waals surface area contributed by atoms with Gasteiger partial charge >= 0.3 is 0 Å². The van der Waals surface area contributed by atoms with E-state index in [0.29, 0.717) is 17.9 Å². The third-order valence-corrected chi connectivity index (χ3v) is 7.05. The molecule has 1 saturated carbocycles. The molecule has 28 heavy (non-hydrogen) atoms. The molecular formula is C22H27FN2O2S. The molecule has 0 spiro atoms. The Balaban J connectivity index is 1.63. The molecule has 2 aliphatic carbocycles. The zero-order valence-corrected chi connectivity index (χ0v) is 16.9. The van der Waals surface area contributed by atoms with Crippen LogP contribution in [0.3, 0.4) is 0 Å². The maximum atomic E-state index is 14.9. The Morgan fingerprint density at radius 2 is 2.00 bits per heavy atom. The molecule has 3 N–H and O–H groups in total. The monoisotopic (exact) mass is 402 g/mol. The van der Waals surface area contributed by atoms with Gasteiger partial charge in [-0.1, -0.05) is 36.4 Å². The number of fused-ring (bicyclic) bond motifs is 1. The molecule has 2 aromatic carbocycles. The SMILES string of the molecule is CNC1Cc2cc(F)c(CC3(NS(=O)O)CCC3)cc2C1Cc1ccccc1. The fourth-order valence-electron chi connectivity index (χ4n) is 4.82. The number of likely N-dealkylation sites (N-methyl/N-ethyl adjacent to an activating group) is 1. The fourth-order valence-corrected chi connectivity index (χ4v) is 5.47. The van der Waals surface area contributed by atoms with Gasteiger partial charge in [-0.25, -0.2) is 13.3 Å². The second-order valence-corrected chi connectivity index (χ2v) is 8.90. The van der Waals surface area contributed by atoms with E-state index < -0.39 is 16.8 Å². The molecule has 0 amide bonds. The summed E-state index contributed by atoms with van der Waals surface area (Å²) in [6.07, 6.45) is 4.76. The van der Waals surface area contributed by atoms with Gasteiger partial charge in [-0.2, -0.15) is 0 Å². The van der Waals surface area contributed by atoms with Crippen LogP contribution in [0.4, 0.5) is 4.39 Å². The van der Waals surface area contributed by atoms with Crippen molar-refractivity contribution in [3.05, 3.63) is 70.5 Å². The molecular weight excluding hydrogens is 375 g/mol. The van der Waals surface area contributed by atoms with E-state index in [1.807, 2.05) is 19.2 Å². The van der Waals surface area contributed by atoms with Crippen LogP contribution < -0.4 is 10.0 Å². The first-order valence-electron chi connectivity index (χ1n) is 9.91. The van der Waals surface area contributed by atoms with Crippen LogP contribution in [-0.2, 0) is 30.5 Å². The van der Waals surface area contributed by atoms with Gasteiger partial charge < -0.3 is 5.32 Å². The lowest BCUT2D eigenvalue weighted by Gasteiger charge is -2.41. The molecule has 2 aliphatic rings. The van der Waals surface area contributed by atoms with Crippen molar-refractivity contribution in [3.8, 4) is 0 Å². The molecule has 4 nitrogen and oxygen atoms in total. The van der Waals surface area contributed by atoms with Gasteiger partial charge in [-0.05, 0) is 73.9 Å². The van der Waals surface area contributed by atoms with E-state index in [4.69, 9.17) is 0 Å². The van der Waals surface area contributed by atoms with E-state index in [9.17, 15) is 13.2 Å². The van der Waals surface area contributed by atoms with Crippen LogP contribution in [0, 0.1) is 5.82 Å². The van der Waals surface area contributed by atoms with Crippen molar-refractivity contribution in [3.63, 3.8) is 0 Å². The Bertz CT molecular complexity index is 870. The molecule has 0 bridgehead atoms. The molecule has 4 rings (SSSR count). The largest absolute Gasteiger partial charge is 0.316 e. The first-order valence-corrected chi connectivity index (χ1v) is 11.0. The van der Waals surface area contributed by atoms with Gasteiger partial charge in [0, 0.05) is 17.5 Å². The third kappa shape index (κ3) is 3.92. The van der Waals surface area contributed by atoms with Crippen LogP contribution in [0.15, 0.2) is 42.5 Å². The van der Waals surface area contributed by atoms with Crippen molar-refractivity contribution in [2.24, 2.45) is 0 Å². The van der Waals surface area contributed by atoms with Crippen LogP contribution in [0.2, 0.25) is 0 Å². The summed E-state index contributed by atoms with van der Waals surface area (Å²) in [4.78, 5) is 0. The van der Waals surface area contributed by atoms with Gasteiger partial charge in [-0.15, -0.1) is 0 Å². The normalized spacial score (nSPS) is 23.8. The second-order valence-electron chi connectivity index (χ2n) is 8.20. The number of benzene rings is 2. The molecule has 2 aromatic rings. The van der Waals surface area contributed by atoms with Crippen molar-refractivity contribution in [1.82, 2.24) is 10.0 Å². The molecule has 0 aliphatic heterocycles. The summed E-state index contributed by atoms with van der Waals surface area (Å²) in [7, 11) is 1.97. The number of hydrogen-bond acceptors (Lipinski definition) is 2. The maximum absolute atomic E-state index is 14.9. The molecule has 0 aromatic heterocycles. The molecule has 150 valence electrons. The minimum absolute atomic E-state index is 0.203. The summed E-state index contributed by atoms with van der Waals surface area (Å²) in [6.45, 7) is 0. The van der Waals surface area contributed by atoms with E-state index in [0.717, 1.165) is 37.7 Å². The average molecular weight is 403 g/mol. The highest BCUT2D eigenvalue weighted by molar-refractivity contribution is 7.77. The Morgan fingerprint density at radius 1 is 1.25 bits per heavy atom. The Hall–Kier alpha value is -1.60. The zero-order chi connectivity index (χ0) is 19.7. The molecule has 6 heteroatoms. The predicted molar refractivity (Wildman–Crippen MR) is 110 cm³/mol. The molecule has 0 radical (unpaired) electrons. The number of hydrogen-bond donors (Lipinski definition) is 3. The Kier molecular flexibility index (Phi) is 5.65. The third-order valence-electron chi connectivity index (χ3n) is 6.45. The summed E-state index contributed by atoms with van der Waals surface area (Å²) >= 11 is -2.09.